The number of nitrogens with two attached hydrogens (primary N) is 1. The molecule has 0 atom stereocenters. The average Bonchev–Trinajstić information content (AvgIpc) is 2.39. The molecule has 0 radical (unpaired) electrons. The van der Waals surface area contributed by atoms with E-state index in [1.807, 2.05) is 18.2 Å². The summed E-state index contributed by atoms with van der Waals surface area (Å²) in [5, 5.41) is 1.08. The van der Waals surface area contributed by atoms with Crippen LogP contribution in [0.1, 0.15) is 15.9 Å². The van der Waals surface area contributed by atoms with Gasteiger partial charge < -0.3 is 10.6 Å². The maximum atomic E-state index is 12.3. The molecule has 0 aliphatic rings. The molecular formula is C15H14Cl2N2O. The number of amides is 1. The minimum Gasteiger partial charge on any atom is -0.399 e. The summed E-state index contributed by atoms with van der Waals surface area (Å²) in [7, 11) is 1.71. The topological polar surface area (TPSA) is 46.3 Å². The summed E-state index contributed by atoms with van der Waals surface area (Å²) < 4.78 is 0. The summed E-state index contributed by atoms with van der Waals surface area (Å²) in [6.45, 7) is 0.422. The van der Waals surface area contributed by atoms with Crippen LogP contribution in [0.5, 0.6) is 0 Å². The number of hydrogen-bond acceptors (Lipinski definition) is 2. The van der Waals surface area contributed by atoms with E-state index in [1.54, 1.807) is 36.2 Å². The molecule has 0 aromatic heterocycles. The fourth-order valence-corrected chi connectivity index (χ4v) is 2.35. The molecule has 0 aliphatic heterocycles. The second kappa shape index (κ2) is 6.16. The van der Waals surface area contributed by atoms with Gasteiger partial charge >= 0.3 is 0 Å². The molecule has 0 bridgehead atoms. The largest absolute Gasteiger partial charge is 0.399 e. The SMILES string of the molecule is CN(Cc1ccccc1Cl)C(=O)c1cc(N)cc(Cl)c1. The second-order valence-electron chi connectivity index (χ2n) is 4.53. The molecule has 1 amide bonds. The Hall–Kier alpha value is -1.71. The van der Waals surface area contributed by atoms with Gasteiger partial charge in [-0.05, 0) is 29.8 Å². The van der Waals surface area contributed by atoms with Crippen LogP contribution in [0.4, 0.5) is 5.69 Å². The lowest BCUT2D eigenvalue weighted by molar-refractivity contribution is 0.0785. The molecule has 0 saturated heterocycles. The lowest BCUT2D eigenvalue weighted by Gasteiger charge is -2.18. The molecule has 5 heteroatoms. The maximum absolute atomic E-state index is 12.3. The van der Waals surface area contributed by atoms with Gasteiger partial charge in [0.2, 0.25) is 0 Å². The minimum atomic E-state index is -0.154. The van der Waals surface area contributed by atoms with Crippen LogP contribution >= 0.6 is 23.2 Å². The number of nitrogens with zero attached hydrogens (tertiary/aromatic N) is 1. The zero-order valence-electron chi connectivity index (χ0n) is 10.9. The molecule has 0 fully saturated rings. The number of nitrogen functional groups attached to an aromatic ring is 1. The zero-order valence-corrected chi connectivity index (χ0v) is 12.4. The summed E-state index contributed by atoms with van der Waals surface area (Å²) in [5.74, 6) is -0.154. The highest BCUT2D eigenvalue weighted by atomic mass is 35.5. The molecule has 2 aromatic carbocycles. The van der Waals surface area contributed by atoms with Crippen LogP contribution < -0.4 is 5.73 Å². The molecule has 0 aliphatic carbocycles. The number of halogens is 2. The third kappa shape index (κ3) is 3.44. The first-order chi connectivity index (χ1) is 9.47. The van der Waals surface area contributed by atoms with Crippen LogP contribution in [0.2, 0.25) is 10.0 Å². The van der Waals surface area contributed by atoms with E-state index in [0.717, 1.165) is 5.56 Å². The lowest BCUT2D eigenvalue weighted by Crippen LogP contribution is -2.26. The summed E-state index contributed by atoms with van der Waals surface area (Å²) in [5.41, 5.74) is 7.51. The Kier molecular flexibility index (Phi) is 4.53. The molecule has 0 heterocycles. The van der Waals surface area contributed by atoms with Crippen molar-refractivity contribution in [2.75, 3.05) is 12.8 Å². The van der Waals surface area contributed by atoms with E-state index in [4.69, 9.17) is 28.9 Å². The number of anilines is 1. The number of carbonyl (C=O) groups is 1. The Balaban J connectivity index is 2.18. The summed E-state index contributed by atoms with van der Waals surface area (Å²) >= 11 is 12.0. The summed E-state index contributed by atoms with van der Waals surface area (Å²) in [4.78, 5) is 13.9. The number of hydrogen-bond donors (Lipinski definition) is 1. The monoisotopic (exact) mass is 308 g/mol. The van der Waals surface area contributed by atoms with Gasteiger partial charge in [-0.15, -0.1) is 0 Å². The highest BCUT2D eigenvalue weighted by molar-refractivity contribution is 6.31. The van der Waals surface area contributed by atoms with Crippen LogP contribution in [0.25, 0.3) is 0 Å². The first kappa shape index (κ1) is 14.7. The second-order valence-corrected chi connectivity index (χ2v) is 5.37. The Morgan fingerprint density at radius 3 is 2.55 bits per heavy atom. The highest BCUT2D eigenvalue weighted by Crippen LogP contribution is 2.20. The van der Waals surface area contributed by atoms with Crippen LogP contribution in [0, 0.1) is 0 Å². The van der Waals surface area contributed by atoms with E-state index in [1.165, 1.54) is 0 Å². The first-order valence-electron chi connectivity index (χ1n) is 6.02. The molecule has 0 unspecified atom stereocenters. The standard InChI is InChI=1S/C15H14Cl2N2O/c1-19(9-10-4-2-3-5-14(10)17)15(20)11-6-12(16)8-13(18)7-11/h2-8H,9,18H2,1H3. The van der Waals surface area contributed by atoms with Crippen LogP contribution in [0.15, 0.2) is 42.5 Å². The van der Waals surface area contributed by atoms with Crippen molar-refractivity contribution in [2.45, 2.75) is 6.54 Å². The molecule has 2 N–H and O–H groups in total. The van der Waals surface area contributed by atoms with Gasteiger partial charge in [0.05, 0.1) is 0 Å². The van der Waals surface area contributed by atoms with Crippen LogP contribution in [-0.4, -0.2) is 17.9 Å². The molecule has 20 heavy (non-hydrogen) atoms. The molecule has 0 saturated carbocycles. The molecule has 2 rings (SSSR count). The van der Waals surface area contributed by atoms with Gasteiger partial charge in [0.25, 0.3) is 5.91 Å². The van der Waals surface area contributed by atoms with Crippen LogP contribution in [-0.2, 0) is 6.54 Å². The summed E-state index contributed by atoms with van der Waals surface area (Å²) in [6, 6.07) is 12.2. The quantitative estimate of drug-likeness (QED) is 0.875. The number of rotatable bonds is 3. The van der Waals surface area contributed by atoms with Crippen molar-refractivity contribution in [3.8, 4) is 0 Å². The fraction of sp³-hybridized carbons (Fsp3) is 0.133. The van der Waals surface area contributed by atoms with Gasteiger partial charge in [-0.1, -0.05) is 41.4 Å². The Bertz CT molecular complexity index is 623. The van der Waals surface area contributed by atoms with E-state index in [0.29, 0.717) is 27.8 Å². The van der Waals surface area contributed by atoms with Crippen molar-refractivity contribution < 1.29 is 4.79 Å². The van der Waals surface area contributed by atoms with Crippen molar-refractivity contribution >= 4 is 34.8 Å². The smallest absolute Gasteiger partial charge is 0.254 e. The van der Waals surface area contributed by atoms with Gasteiger partial charge in [0, 0.05) is 34.9 Å². The third-order valence-electron chi connectivity index (χ3n) is 2.88. The predicted molar refractivity (Wildman–Crippen MR) is 83.1 cm³/mol. The minimum absolute atomic E-state index is 0.154. The lowest BCUT2D eigenvalue weighted by atomic mass is 10.1. The van der Waals surface area contributed by atoms with E-state index in [2.05, 4.69) is 0 Å². The average molecular weight is 309 g/mol. The van der Waals surface area contributed by atoms with Crippen molar-refractivity contribution in [1.29, 1.82) is 0 Å². The number of benzene rings is 2. The van der Waals surface area contributed by atoms with Gasteiger partial charge in [-0.2, -0.15) is 0 Å². The zero-order chi connectivity index (χ0) is 14.7. The third-order valence-corrected chi connectivity index (χ3v) is 3.47. The number of carbonyl (C=O) groups excluding carboxylic acids is 1. The van der Waals surface area contributed by atoms with E-state index >= 15 is 0 Å². The molecule has 3 nitrogen and oxygen atoms in total. The molecule has 104 valence electrons. The molecule has 2 aromatic rings. The Morgan fingerprint density at radius 1 is 1.20 bits per heavy atom. The van der Waals surface area contributed by atoms with Crippen molar-refractivity contribution in [3.05, 3.63) is 63.6 Å². The van der Waals surface area contributed by atoms with Crippen molar-refractivity contribution in [1.82, 2.24) is 4.90 Å². The van der Waals surface area contributed by atoms with Crippen molar-refractivity contribution in [3.63, 3.8) is 0 Å². The van der Waals surface area contributed by atoms with E-state index < -0.39 is 0 Å². The fourth-order valence-electron chi connectivity index (χ4n) is 1.91. The van der Waals surface area contributed by atoms with Gasteiger partial charge in [-0.3, -0.25) is 4.79 Å². The Labute approximate surface area is 127 Å². The maximum Gasteiger partial charge on any atom is 0.254 e. The van der Waals surface area contributed by atoms with E-state index in [-0.39, 0.29) is 5.91 Å². The molecular weight excluding hydrogens is 295 g/mol. The first-order valence-corrected chi connectivity index (χ1v) is 6.78. The molecule has 0 spiro atoms. The van der Waals surface area contributed by atoms with E-state index in [9.17, 15) is 4.79 Å². The van der Waals surface area contributed by atoms with Crippen LogP contribution in [0.3, 0.4) is 0 Å². The van der Waals surface area contributed by atoms with Gasteiger partial charge in [-0.25, -0.2) is 0 Å². The van der Waals surface area contributed by atoms with Crippen molar-refractivity contribution in [2.24, 2.45) is 0 Å². The normalized spacial score (nSPS) is 10.3. The van der Waals surface area contributed by atoms with Gasteiger partial charge in [0.1, 0.15) is 0 Å². The predicted octanol–water partition coefficient (Wildman–Crippen LogP) is 3.85. The van der Waals surface area contributed by atoms with Gasteiger partial charge in [0.15, 0.2) is 0 Å². The highest BCUT2D eigenvalue weighted by Gasteiger charge is 2.14. The summed E-state index contributed by atoms with van der Waals surface area (Å²) in [6.07, 6.45) is 0. The Morgan fingerprint density at radius 2 is 1.90 bits per heavy atom.